The van der Waals surface area contributed by atoms with Crippen LogP contribution in [0.5, 0.6) is 5.75 Å². The largest absolute Gasteiger partial charge is 0.492 e. The van der Waals surface area contributed by atoms with Crippen molar-refractivity contribution in [2.24, 2.45) is 0 Å². The van der Waals surface area contributed by atoms with E-state index < -0.39 is 0 Å². The SMILES string of the molecule is [C-]#[N+]c1c(C)cc(Nc2cc(C)[nH]n2)nc1NCCOc1ccccc1. The van der Waals surface area contributed by atoms with Crippen molar-refractivity contribution in [2.45, 2.75) is 13.8 Å². The van der Waals surface area contributed by atoms with Gasteiger partial charge in [0.2, 0.25) is 5.69 Å². The summed E-state index contributed by atoms with van der Waals surface area (Å²) < 4.78 is 5.66. The fourth-order valence-corrected chi connectivity index (χ4v) is 2.46. The average Bonchev–Trinajstić information content (AvgIpc) is 3.04. The predicted octanol–water partition coefficient (Wildman–Crippen LogP) is 4.21. The molecule has 0 bridgehead atoms. The van der Waals surface area contributed by atoms with Crippen molar-refractivity contribution in [3.8, 4) is 5.75 Å². The van der Waals surface area contributed by atoms with Crippen LogP contribution < -0.4 is 15.4 Å². The van der Waals surface area contributed by atoms with Crippen LogP contribution in [0.15, 0.2) is 42.5 Å². The number of rotatable bonds is 7. The van der Waals surface area contributed by atoms with Gasteiger partial charge in [-0.3, -0.25) is 5.10 Å². The number of aryl methyl sites for hydroxylation is 2. The van der Waals surface area contributed by atoms with Crippen LogP contribution >= 0.6 is 0 Å². The van der Waals surface area contributed by atoms with E-state index in [0.717, 1.165) is 17.0 Å². The first-order valence-corrected chi connectivity index (χ1v) is 8.25. The second-order valence-corrected chi connectivity index (χ2v) is 5.78. The topological polar surface area (TPSA) is 79.2 Å². The van der Waals surface area contributed by atoms with E-state index in [1.165, 1.54) is 0 Å². The van der Waals surface area contributed by atoms with Gasteiger partial charge < -0.3 is 15.4 Å². The van der Waals surface area contributed by atoms with Crippen molar-refractivity contribution in [3.63, 3.8) is 0 Å². The van der Waals surface area contributed by atoms with Gasteiger partial charge >= 0.3 is 0 Å². The second kappa shape index (κ2) is 8.03. The molecule has 1 aromatic carbocycles. The summed E-state index contributed by atoms with van der Waals surface area (Å²) in [7, 11) is 0. The van der Waals surface area contributed by atoms with E-state index in [4.69, 9.17) is 11.3 Å². The number of para-hydroxylation sites is 1. The average molecular weight is 348 g/mol. The molecule has 3 aromatic rings. The van der Waals surface area contributed by atoms with Crippen LogP contribution in [0.1, 0.15) is 11.3 Å². The summed E-state index contributed by atoms with van der Waals surface area (Å²) in [5.41, 5.74) is 2.31. The van der Waals surface area contributed by atoms with Crippen molar-refractivity contribution >= 4 is 23.1 Å². The van der Waals surface area contributed by atoms with Crippen molar-refractivity contribution in [1.29, 1.82) is 0 Å². The van der Waals surface area contributed by atoms with Crippen LogP contribution in [0.4, 0.5) is 23.1 Å². The van der Waals surface area contributed by atoms with E-state index in [-0.39, 0.29) is 0 Å². The zero-order valence-corrected chi connectivity index (χ0v) is 14.7. The number of hydrogen-bond donors (Lipinski definition) is 3. The van der Waals surface area contributed by atoms with Gasteiger partial charge in [0.15, 0.2) is 5.82 Å². The van der Waals surface area contributed by atoms with Gasteiger partial charge in [-0.1, -0.05) is 18.2 Å². The molecule has 0 radical (unpaired) electrons. The molecule has 0 saturated carbocycles. The lowest BCUT2D eigenvalue weighted by molar-refractivity contribution is 0.333. The number of aromatic amines is 1. The third kappa shape index (κ3) is 4.30. The number of hydrogen-bond acceptors (Lipinski definition) is 5. The van der Waals surface area contributed by atoms with Gasteiger partial charge in [0, 0.05) is 18.3 Å². The lowest BCUT2D eigenvalue weighted by Gasteiger charge is -2.13. The first-order chi connectivity index (χ1) is 12.7. The lowest BCUT2D eigenvalue weighted by atomic mass is 10.2. The lowest BCUT2D eigenvalue weighted by Crippen LogP contribution is -2.13. The zero-order chi connectivity index (χ0) is 18.4. The number of benzene rings is 1. The van der Waals surface area contributed by atoms with E-state index in [2.05, 4.69) is 30.7 Å². The summed E-state index contributed by atoms with van der Waals surface area (Å²) in [5, 5.41) is 13.4. The molecule has 3 rings (SSSR count). The highest BCUT2D eigenvalue weighted by molar-refractivity contribution is 5.73. The van der Waals surface area contributed by atoms with Crippen molar-refractivity contribution in [2.75, 3.05) is 23.8 Å². The van der Waals surface area contributed by atoms with Crippen molar-refractivity contribution in [1.82, 2.24) is 15.2 Å². The molecule has 2 aromatic heterocycles. The number of pyridine rings is 1. The Bertz CT molecular complexity index is 914. The minimum absolute atomic E-state index is 0.471. The molecule has 2 heterocycles. The molecule has 0 saturated heterocycles. The number of H-pyrrole nitrogens is 1. The molecule has 3 N–H and O–H groups in total. The first kappa shape index (κ1) is 17.3. The van der Waals surface area contributed by atoms with E-state index in [1.807, 2.05) is 56.3 Å². The van der Waals surface area contributed by atoms with Crippen molar-refractivity contribution in [3.05, 3.63) is 65.1 Å². The van der Waals surface area contributed by atoms with Gasteiger partial charge in [-0.25, -0.2) is 9.83 Å². The molecule has 7 heteroatoms. The maximum atomic E-state index is 7.41. The highest BCUT2D eigenvalue weighted by Gasteiger charge is 2.11. The number of ether oxygens (including phenoxy) is 1. The molecule has 0 spiro atoms. The standard InChI is InChI=1S/C19H20N6O/c1-13-11-16(22-17-12-14(2)24-25-17)23-19(18(13)20-3)21-9-10-26-15-7-5-4-6-8-15/h4-8,11-12H,9-10H2,1-2H3,(H3,21,22,23,24,25). The summed E-state index contributed by atoms with van der Waals surface area (Å²) in [6.07, 6.45) is 0. The molecule has 0 aliphatic heterocycles. The third-order valence-corrected chi connectivity index (χ3v) is 3.66. The van der Waals surface area contributed by atoms with Crippen LogP contribution in [0, 0.1) is 20.4 Å². The molecular formula is C19H20N6O. The fourth-order valence-electron chi connectivity index (χ4n) is 2.46. The number of nitrogens with zero attached hydrogens (tertiary/aromatic N) is 3. The quantitative estimate of drug-likeness (QED) is 0.440. The van der Waals surface area contributed by atoms with Gasteiger partial charge in [0.05, 0.1) is 6.57 Å². The molecule has 26 heavy (non-hydrogen) atoms. The Balaban J connectivity index is 1.67. The van der Waals surface area contributed by atoms with Crippen LogP contribution in [0.25, 0.3) is 4.85 Å². The van der Waals surface area contributed by atoms with Crippen LogP contribution in [-0.2, 0) is 0 Å². The van der Waals surface area contributed by atoms with Gasteiger partial charge in [-0.2, -0.15) is 5.10 Å². The smallest absolute Gasteiger partial charge is 0.231 e. The van der Waals surface area contributed by atoms with Crippen molar-refractivity contribution < 1.29 is 4.74 Å². The molecule has 0 aliphatic carbocycles. The second-order valence-electron chi connectivity index (χ2n) is 5.78. The molecular weight excluding hydrogens is 328 g/mol. The molecule has 132 valence electrons. The molecule has 0 unspecified atom stereocenters. The highest BCUT2D eigenvalue weighted by Crippen LogP contribution is 2.30. The van der Waals surface area contributed by atoms with Gasteiger partial charge in [0.1, 0.15) is 24.0 Å². The first-order valence-electron chi connectivity index (χ1n) is 8.25. The summed E-state index contributed by atoms with van der Waals surface area (Å²) in [6, 6.07) is 13.3. The number of nitrogens with one attached hydrogen (secondary N) is 3. The molecule has 0 aliphatic rings. The predicted molar refractivity (Wildman–Crippen MR) is 102 cm³/mol. The highest BCUT2D eigenvalue weighted by atomic mass is 16.5. The Kier molecular flexibility index (Phi) is 5.34. The third-order valence-electron chi connectivity index (χ3n) is 3.66. The summed E-state index contributed by atoms with van der Waals surface area (Å²) in [5.74, 6) is 2.66. The minimum atomic E-state index is 0.471. The Morgan fingerprint density at radius 2 is 1.96 bits per heavy atom. The molecule has 0 amide bonds. The number of aromatic nitrogens is 3. The fraction of sp³-hybridized carbons (Fsp3) is 0.211. The maximum Gasteiger partial charge on any atom is 0.231 e. The van der Waals surface area contributed by atoms with Gasteiger partial charge in [0.25, 0.3) is 0 Å². The van der Waals surface area contributed by atoms with E-state index in [0.29, 0.717) is 36.3 Å². The summed E-state index contributed by atoms with van der Waals surface area (Å²) in [6.45, 7) is 12.2. The Labute approximate surface area is 152 Å². The van der Waals surface area contributed by atoms with Crippen LogP contribution in [-0.4, -0.2) is 28.3 Å². The summed E-state index contributed by atoms with van der Waals surface area (Å²) in [4.78, 5) is 8.10. The normalized spacial score (nSPS) is 10.2. The Morgan fingerprint density at radius 3 is 2.65 bits per heavy atom. The monoisotopic (exact) mass is 348 g/mol. The van der Waals surface area contributed by atoms with Gasteiger partial charge in [-0.15, -0.1) is 0 Å². The molecule has 0 fully saturated rings. The van der Waals surface area contributed by atoms with E-state index in [1.54, 1.807) is 0 Å². The Morgan fingerprint density at radius 1 is 1.15 bits per heavy atom. The summed E-state index contributed by atoms with van der Waals surface area (Å²) >= 11 is 0. The molecule has 0 atom stereocenters. The maximum absolute atomic E-state index is 7.41. The van der Waals surface area contributed by atoms with E-state index >= 15 is 0 Å². The van der Waals surface area contributed by atoms with Gasteiger partial charge in [-0.05, 0) is 37.6 Å². The van der Waals surface area contributed by atoms with Crippen LogP contribution in [0.3, 0.4) is 0 Å². The van der Waals surface area contributed by atoms with Crippen LogP contribution in [0.2, 0.25) is 0 Å². The van der Waals surface area contributed by atoms with E-state index in [9.17, 15) is 0 Å². The Hall–Kier alpha value is -3.53. The minimum Gasteiger partial charge on any atom is -0.492 e. The number of anilines is 3. The zero-order valence-electron chi connectivity index (χ0n) is 14.7. The molecule has 7 nitrogen and oxygen atoms in total.